The van der Waals surface area contributed by atoms with Crippen molar-refractivity contribution < 1.29 is 23.8 Å². The summed E-state index contributed by atoms with van der Waals surface area (Å²) in [5, 5.41) is 13.4. The molecule has 0 bridgehead atoms. The van der Waals surface area contributed by atoms with Crippen LogP contribution in [0.15, 0.2) is 42.6 Å². The molecule has 52 heavy (non-hydrogen) atoms. The van der Waals surface area contributed by atoms with Gasteiger partial charge in [0.2, 0.25) is 5.91 Å². The number of hydrogen-bond acceptors (Lipinski definition) is 8. The van der Waals surface area contributed by atoms with Gasteiger partial charge in [0.05, 0.1) is 40.3 Å². The second kappa shape index (κ2) is 15.1. The van der Waals surface area contributed by atoms with E-state index in [2.05, 4.69) is 15.2 Å². The van der Waals surface area contributed by atoms with E-state index in [0.717, 1.165) is 50.3 Å². The minimum Gasteiger partial charge on any atom is -0.496 e. The van der Waals surface area contributed by atoms with Crippen LogP contribution in [0.3, 0.4) is 0 Å². The van der Waals surface area contributed by atoms with E-state index in [1.54, 1.807) is 43.5 Å². The van der Waals surface area contributed by atoms with Crippen LogP contribution in [0, 0.1) is 5.82 Å². The van der Waals surface area contributed by atoms with Crippen molar-refractivity contribution in [3.8, 4) is 28.1 Å². The van der Waals surface area contributed by atoms with E-state index in [4.69, 9.17) is 32.9 Å². The van der Waals surface area contributed by atoms with Crippen LogP contribution < -0.4 is 10.1 Å². The SMILES string of the molecule is COc1cc(-c2nccc(-c3cccc(NC(=O)c4nc5c(n4C)CCN(C4CCN(C(C)=O)CC4)C5)c3Cl)c2Cl)cc(F)c1CN1CC[C@H](O)C1. The maximum Gasteiger partial charge on any atom is 0.291 e. The van der Waals surface area contributed by atoms with Crippen LogP contribution in [-0.4, -0.2) is 98.1 Å². The molecule has 2 amide bonds. The van der Waals surface area contributed by atoms with Crippen LogP contribution in [0.25, 0.3) is 22.4 Å². The van der Waals surface area contributed by atoms with E-state index < -0.39 is 11.9 Å². The molecule has 11 nitrogen and oxygen atoms in total. The fourth-order valence-electron chi connectivity index (χ4n) is 7.74. The van der Waals surface area contributed by atoms with Gasteiger partial charge in [-0.3, -0.25) is 24.4 Å². The first-order valence-electron chi connectivity index (χ1n) is 17.6. The fraction of sp³-hybridized carbons (Fsp3) is 0.421. The molecule has 2 fully saturated rings. The Hall–Kier alpha value is -4.07. The Morgan fingerprint density at radius 3 is 2.54 bits per heavy atom. The molecule has 274 valence electrons. The van der Waals surface area contributed by atoms with Gasteiger partial charge in [0.25, 0.3) is 5.91 Å². The van der Waals surface area contributed by atoms with Crippen LogP contribution in [0.2, 0.25) is 10.0 Å². The highest BCUT2D eigenvalue weighted by molar-refractivity contribution is 6.39. The molecule has 0 radical (unpaired) electrons. The lowest BCUT2D eigenvalue weighted by molar-refractivity contribution is -0.130. The number of hydrogen-bond donors (Lipinski definition) is 2. The lowest BCUT2D eigenvalue weighted by Crippen LogP contribution is -2.47. The number of piperidine rings is 1. The third-order valence-electron chi connectivity index (χ3n) is 10.6. The fourth-order valence-corrected chi connectivity index (χ4v) is 8.34. The van der Waals surface area contributed by atoms with Gasteiger partial charge in [-0.25, -0.2) is 9.37 Å². The number of aliphatic hydroxyl groups excluding tert-OH is 1. The third kappa shape index (κ3) is 7.14. The number of benzene rings is 2. The van der Waals surface area contributed by atoms with Gasteiger partial charge in [-0.2, -0.15) is 0 Å². The summed E-state index contributed by atoms with van der Waals surface area (Å²) in [6, 6.07) is 10.5. The maximum absolute atomic E-state index is 15.6. The molecule has 3 aliphatic heterocycles. The summed E-state index contributed by atoms with van der Waals surface area (Å²) in [5.41, 5.74) is 4.63. The number of carbonyl (C=O) groups excluding carboxylic acids is 2. The number of amides is 2. The Balaban J connectivity index is 1.10. The van der Waals surface area contributed by atoms with Gasteiger partial charge in [-0.15, -0.1) is 0 Å². The van der Waals surface area contributed by atoms with E-state index in [9.17, 15) is 14.7 Å². The van der Waals surface area contributed by atoms with E-state index in [0.29, 0.717) is 83.9 Å². The summed E-state index contributed by atoms with van der Waals surface area (Å²) in [6.45, 7) is 6.13. The molecule has 14 heteroatoms. The number of halogens is 3. The van der Waals surface area contributed by atoms with Gasteiger partial charge in [-0.1, -0.05) is 35.3 Å². The number of anilines is 1. The molecule has 0 unspecified atom stereocenters. The van der Waals surface area contributed by atoms with E-state index in [-0.39, 0.29) is 21.9 Å². The van der Waals surface area contributed by atoms with E-state index in [1.165, 1.54) is 13.2 Å². The number of rotatable bonds is 8. The Kier molecular flexibility index (Phi) is 10.6. The summed E-state index contributed by atoms with van der Waals surface area (Å²) < 4.78 is 23.0. The van der Waals surface area contributed by atoms with Gasteiger partial charge in [0, 0.05) is 106 Å². The van der Waals surface area contributed by atoms with Gasteiger partial charge in [0.1, 0.15) is 11.6 Å². The Morgan fingerprint density at radius 1 is 1.06 bits per heavy atom. The van der Waals surface area contributed by atoms with Crippen LogP contribution in [0.1, 0.15) is 53.8 Å². The predicted octanol–water partition coefficient (Wildman–Crippen LogP) is 5.79. The zero-order chi connectivity index (χ0) is 36.7. The summed E-state index contributed by atoms with van der Waals surface area (Å²) in [4.78, 5) is 41.0. The number of aliphatic hydroxyl groups is 1. The van der Waals surface area contributed by atoms with Gasteiger partial charge in [-0.05, 0) is 43.5 Å². The third-order valence-corrected chi connectivity index (χ3v) is 11.4. The standard InChI is InChI=1S/C38H42Cl2FN7O4/c1-22(49)47-14-8-24(9-15-47)48-16-11-32-31(21-48)43-37(45(32)2)38(51)44-30-6-4-5-26(34(30)39)27-7-12-42-36(35(27)40)23-17-29(41)28(33(18-23)52-3)20-46-13-10-25(50)19-46/h4-7,12,17-18,24-25,50H,8-11,13-16,19-21H2,1-3H3,(H,44,51)/t25-/m0/s1. The highest BCUT2D eigenvalue weighted by Crippen LogP contribution is 2.42. The van der Waals surface area contributed by atoms with Crippen molar-refractivity contribution in [1.29, 1.82) is 0 Å². The number of pyridine rings is 1. The summed E-state index contributed by atoms with van der Waals surface area (Å²) >= 11 is 13.9. The second-order valence-corrected chi connectivity index (χ2v) is 14.6. The van der Waals surface area contributed by atoms with Crippen molar-refractivity contribution in [2.75, 3.05) is 45.2 Å². The molecule has 0 aliphatic carbocycles. The van der Waals surface area contributed by atoms with Crippen LogP contribution in [0.5, 0.6) is 5.75 Å². The highest BCUT2D eigenvalue weighted by Gasteiger charge is 2.32. The average molecular weight is 751 g/mol. The van der Waals surface area contributed by atoms with Crippen molar-refractivity contribution in [3.05, 3.63) is 81.2 Å². The zero-order valence-corrected chi connectivity index (χ0v) is 31.0. The maximum atomic E-state index is 15.6. The summed E-state index contributed by atoms with van der Waals surface area (Å²) in [7, 11) is 3.35. The lowest BCUT2D eigenvalue weighted by atomic mass is 10.00. The monoisotopic (exact) mass is 749 g/mol. The Labute approximate surface area is 312 Å². The molecule has 5 heterocycles. The smallest absolute Gasteiger partial charge is 0.291 e. The number of nitrogens with zero attached hydrogens (tertiary/aromatic N) is 6. The molecule has 2 aromatic carbocycles. The average Bonchev–Trinajstić information content (AvgIpc) is 3.71. The Morgan fingerprint density at radius 2 is 1.83 bits per heavy atom. The van der Waals surface area contributed by atoms with Crippen molar-refractivity contribution in [2.24, 2.45) is 7.05 Å². The van der Waals surface area contributed by atoms with Crippen LogP contribution in [-0.2, 0) is 31.4 Å². The number of imidazole rings is 1. The molecular weight excluding hydrogens is 708 g/mol. The van der Waals surface area contributed by atoms with Crippen molar-refractivity contribution in [3.63, 3.8) is 0 Å². The number of carbonyl (C=O) groups is 2. The first-order valence-corrected chi connectivity index (χ1v) is 18.3. The topological polar surface area (TPSA) is 116 Å². The number of methoxy groups -OCH3 is 1. The van der Waals surface area contributed by atoms with E-state index in [1.807, 2.05) is 21.4 Å². The molecule has 2 aromatic heterocycles. The molecule has 2 N–H and O–H groups in total. The minimum atomic E-state index is -0.458. The van der Waals surface area contributed by atoms with Crippen molar-refractivity contribution in [2.45, 2.75) is 57.8 Å². The van der Waals surface area contributed by atoms with Gasteiger partial charge in [0.15, 0.2) is 5.82 Å². The molecule has 4 aromatic rings. The largest absolute Gasteiger partial charge is 0.496 e. The first kappa shape index (κ1) is 36.3. The number of ether oxygens (including phenoxy) is 1. The number of likely N-dealkylation sites (tertiary alicyclic amines) is 2. The first-order chi connectivity index (χ1) is 25.0. The van der Waals surface area contributed by atoms with Crippen molar-refractivity contribution in [1.82, 2.24) is 29.2 Å². The molecule has 3 aliphatic rings. The normalized spacial score (nSPS) is 18.4. The number of aromatic nitrogens is 3. The predicted molar refractivity (Wildman–Crippen MR) is 198 cm³/mol. The lowest BCUT2D eigenvalue weighted by Gasteiger charge is -2.39. The molecule has 0 saturated carbocycles. The van der Waals surface area contributed by atoms with Gasteiger partial charge >= 0.3 is 0 Å². The van der Waals surface area contributed by atoms with Crippen LogP contribution >= 0.6 is 23.2 Å². The molecule has 7 rings (SSSR count). The molecule has 1 atom stereocenters. The number of nitrogens with one attached hydrogen (secondary N) is 1. The number of β-amino-alcohol motifs (C(OH)–C–C–N with tert-alkyl or cyclic N) is 1. The molecule has 0 spiro atoms. The minimum absolute atomic E-state index is 0.120. The molecule has 2 saturated heterocycles. The highest BCUT2D eigenvalue weighted by atomic mass is 35.5. The van der Waals surface area contributed by atoms with Crippen molar-refractivity contribution >= 4 is 40.7 Å². The van der Waals surface area contributed by atoms with E-state index >= 15 is 4.39 Å². The zero-order valence-electron chi connectivity index (χ0n) is 29.5. The quantitative estimate of drug-likeness (QED) is 0.233. The van der Waals surface area contributed by atoms with Gasteiger partial charge < -0.3 is 24.6 Å². The Bertz CT molecular complexity index is 2020. The summed E-state index contributed by atoms with van der Waals surface area (Å²) in [5.74, 6) is -0.0648. The number of fused-ring (bicyclic) bond motifs is 1. The molecular formula is C38H42Cl2FN7O4. The van der Waals surface area contributed by atoms with Crippen LogP contribution in [0.4, 0.5) is 10.1 Å². The second-order valence-electron chi connectivity index (χ2n) is 13.8. The summed E-state index contributed by atoms with van der Waals surface area (Å²) in [6.07, 6.45) is 4.44.